The Morgan fingerprint density at radius 1 is 1.29 bits per heavy atom. The number of nitrogens with zero attached hydrogens (tertiary/aromatic N) is 2. The van der Waals surface area contributed by atoms with E-state index in [1.807, 2.05) is 49.3 Å². The van der Waals surface area contributed by atoms with Crippen LogP contribution in [0, 0.1) is 0 Å². The van der Waals surface area contributed by atoms with Gasteiger partial charge in [-0.25, -0.2) is 4.98 Å². The zero-order valence-corrected chi connectivity index (χ0v) is 13.3. The van der Waals surface area contributed by atoms with Gasteiger partial charge in [0.05, 0.1) is 0 Å². The van der Waals surface area contributed by atoms with Gasteiger partial charge in [-0.2, -0.15) is 0 Å². The molecule has 0 bridgehead atoms. The molecule has 0 radical (unpaired) electrons. The van der Waals surface area contributed by atoms with Gasteiger partial charge in [-0.3, -0.25) is 0 Å². The number of hydrogen-bond acceptors (Lipinski definition) is 4. The molecule has 0 aliphatic rings. The summed E-state index contributed by atoms with van der Waals surface area (Å²) in [5.74, 6) is 1.14. The SMILES string of the molecule is CCNCc1cnc(Oc2cccc(N(C)C)c2)c(Cl)c1. The summed E-state index contributed by atoms with van der Waals surface area (Å²) in [7, 11) is 3.97. The maximum Gasteiger partial charge on any atom is 0.238 e. The van der Waals surface area contributed by atoms with Gasteiger partial charge in [0.1, 0.15) is 10.8 Å². The Labute approximate surface area is 130 Å². The summed E-state index contributed by atoms with van der Waals surface area (Å²) < 4.78 is 5.77. The molecular formula is C16H20ClN3O. The Morgan fingerprint density at radius 3 is 2.76 bits per heavy atom. The fraction of sp³-hybridized carbons (Fsp3) is 0.312. The second-order valence-corrected chi connectivity index (χ2v) is 5.31. The second kappa shape index (κ2) is 7.29. The van der Waals surface area contributed by atoms with Crippen LogP contribution >= 0.6 is 11.6 Å². The molecule has 0 aliphatic carbocycles. The number of pyridine rings is 1. The van der Waals surface area contributed by atoms with Crippen molar-refractivity contribution in [3.05, 3.63) is 47.1 Å². The highest BCUT2D eigenvalue weighted by molar-refractivity contribution is 6.31. The van der Waals surface area contributed by atoms with Crippen molar-refractivity contribution < 1.29 is 4.74 Å². The van der Waals surface area contributed by atoms with Gasteiger partial charge in [0.2, 0.25) is 5.88 Å². The van der Waals surface area contributed by atoms with E-state index in [1.165, 1.54) is 0 Å². The molecule has 0 spiro atoms. The third-order valence-corrected chi connectivity index (χ3v) is 3.26. The summed E-state index contributed by atoms with van der Waals surface area (Å²) in [5, 5.41) is 3.75. The Hall–Kier alpha value is -1.78. The smallest absolute Gasteiger partial charge is 0.238 e. The van der Waals surface area contributed by atoms with E-state index in [2.05, 4.69) is 17.2 Å². The third kappa shape index (κ3) is 4.34. The molecule has 112 valence electrons. The number of hydrogen-bond donors (Lipinski definition) is 1. The van der Waals surface area contributed by atoms with Crippen molar-refractivity contribution in [2.24, 2.45) is 0 Å². The van der Waals surface area contributed by atoms with Crippen molar-refractivity contribution in [2.45, 2.75) is 13.5 Å². The summed E-state index contributed by atoms with van der Waals surface area (Å²) in [5.41, 5.74) is 2.10. The highest BCUT2D eigenvalue weighted by atomic mass is 35.5. The number of rotatable bonds is 6. The average Bonchev–Trinajstić information content (AvgIpc) is 2.48. The van der Waals surface area contributed by atoms with Gasteiger partial charge in [0.25, 0.3) is 0 Å². The first-order valence-electron chi connectivity index (χ1n) is 6.90. The van der Waals surface area contributed by atoms with Crippen LogP contribution in [0.1, 0.15) is 12.5 Å². The molecule has 1 N–H and O–H groups in total. The van der Waals surface area contributed by atoms with Gasteiger partial charge in [-0.1, -0.05) is 24.6 Å². The quantitative estimate of drug-likeness (QED) is 0.883. The molecule has 0 unspecified atom stereocenters. The summed E-state index contributed by atoms with van der Waals surface area (Å²) >= 11 is 6.23. The van der Waals surface area contributed by atoms with E-state index < -0.39 is 0 Å². The lowest BCUT2D eigenvalue weighted by atomic mass is 10.2. The summed E-state index contributed by atoms with van der Waals surface area (Å²) in [6.07, 6.45) is 1.78. The number of nitrogens with one attached hydrogen (secondary N) is 1. The Balaban J connectivity index is 2.14. The molecule has 1 heterocycles. The fourth-order valence-electron chi connectivity index (χ4n) is 1.84. The van der Waals surface area contributed by atoms with E-state index in [1.54, 1.807) is 6.20 Å². The van der Waals surface area contributed by atoms with Crippen molar-refractivity contribution in [2.75, 3.05) is 25.5 Å². The fourth-order valence-corrected chi connectivity index (χ4v) is 2.07. The molecular weight excluding hydrogens is 286 g/mol. The molecule has 0 saturated heterocycles. The van der Waals surface area contributed by atoms with Crippen LogP contribution in [-0.4, -0.2) is 25.6 Å². The van der Waals surface area contributed by atoms with Crippen LogP contribution in [0.3, 0.4) is 0 Å². The molecule has 2 aromatic rings. The Bertz CT molecular complexity index is 602. The van der Waals surface area contributed by atoms with Gasteiger partial charge < -0.3 is 15.0 Å². The molecule has 21 heavy (non-hydrogen) atoms. The predicted molar refractivity (Wildman–Crippen MR) is 87.5 cm³/mol. The molecule has 0 aliphatic heterocycles. The zero-order chi connectivity index (χ0) is 15.2. The van der Waals surface area contributed by atoms with Crippen LogP contribution in [0.25, 0.3) is 0 Å². The largest absolute Gasteiger partial charge is 0.437 e. The van der Waals surface area contributed by atoms with Gasteiger partial charge in [0, 0.05) is 38.6 Å². The van der Waals surface area contributed by atoms with Crippen molar-refractivity contribution in [1.82, 2.24) is 10.3 Å². The number of anilines is 1. The van der Waals surface area contributed by atoms with Crippen molar-refractivity contribution in [1.29, 1.82) is 0 Å². The topological polar surface area (TPSA) is 37.4 Å². The maximum absolute atomic E-state index is 6.23. The van der Waals surface area contributed by atoms with E-state index in [9.17, 15) is 0 Å². The highest BCUT2D eigenvalue weighted by Crippen LogP contribution is 2.29. The lowest BCUT2D eigenvalue weighted by Gasteiger charge is -2.14. The zero-order valence-electron chi connectivity index (χ0n) is 12.6. The van der Waals surface area contributed by atoms with Crippen LogP contribution in [-0.2, 0) is 6.54 Å². The Morgan fingerprint density at radius 2 is 2.10 bits per heavy atom. The van der Waals surface area contributed by atoms with Gasteiger partial charge in [0.15, 0.2) is 0 Å². The molecule has 1 aromatic carbocycles. The normalized spacial score (nSPS) is 10.5. The predicted octanol–water partition coefficient (Wildman–Crippen LogP) is 3.70. The highest BCUT2D eigenvalue weighted by Gasteiger charge is 2.07. The molecule has 0 amide bonds. The van der Waals surface area contributed by atoms with E-state index >= 15 is 0 Å². The maximum atomic E-state index is 6.23. The van der Waals surface area contributed by atoms with E-state index in [4.69, 9.17) is 16.3 Å². The van der Waals surface area contributed by atoms with Crippen LogP contribution in [0.15, 0.2) is 36.5 Å². The third-order valence-electron chi connectivity index (χ3n) is 2.99. The van der Waals surface area contributed by atoms with E-state index in [0.29, 0.717) is 10.9 Å². The van der Waals surface area contributed by atoms with Gasteiger partial charge >= 0.3 is 0 Å². The second-order valence-electron chi connectivity index (χ2n) is 4.90. The summed E-state index contributed by atoms with van der Waals surface area (Å²) in [4.78, 5) is 6.31. The number of aromatic nitrogens is 1. The number of ether oxygens (including phenoxy) is 1. The minimum atomic E-state index is 0.424. The standard InChI is InChI=1S/C16H20ClN3O/c1-4-18-10-12-8-15(17)16(19-11-12)21-14-7-5-6-13(9-14)20(2)3/h5-9,11,18H,4,10H2,1-3H3. The van der Waals surface area contributed by atoms with Crippen LogP contribution in [0.2, 0.25) is 5.02 Å². The summed E-state index contributed by atoms with van der Waals surface area (Å²) in [6.45, 7) is 3.72. The van der Waals surface area contributed by atoms with Crippen molar-refractivity contribution in [3.8, 4) is 11.6 Å². The number of benzene rings is 1. The minimum Gasteiger partial charge on any atom is -0.437 e. The number of halogens is 1. The molecule has 1 aromatic heterocycles. The molecule has 4 nitrogen and oxygen atoms in total. The minimum absolute atomic E-state index is 0.424. The first-order chi connectivity index (χ1) is 10.1. The van der Waals surface area contributed by atoms with Crippen LogP contribution in [0.4, 0.5) is 5.69 Å². The summed E-state index contributed by atoms with van der Waals surface area (Å²) in [6, 6.07) is 9.67. The van der Waals surface area contributed by atoms with Gasteiger partial charge in [-0.15, -0.1) is 0 Å². The molecule has 2 rings (SSSR count). The molecule has 0 fully saturated rings. The van der Waals surface area contributed by atoms with Crippen molar-refractivity contribution in [3.63, 3.8) is 0 Å². The lowest BCUT2D eigenvalue weighted by molar-refractivity contribution is 0.462. The first-order valence-corrected chi connectivity index (χ1v) is 7.28. The van der Waals surface area contributed by atoms with Gasteiger partial charge in [-0.05, 0) is 30.3 Å². The monoisotopic (exact) mass is 305 g/mol. The molecule has 5 heteroatoms. The average molecular weight is 306 g/mol. The van der Waals surface area contributed by atoms with Crippen LogP contribution < -0.4 is 15.0 Å². The first kappa shape index (κ1) is 15.6. The van der Waals surface area contributed by atoms with E-state index in [-0.39, 0.29) is 0 Å². The molecule has 0 saturated carbocycles. The van der Waals surface area contributed by atoms with E-state index in [0.717, 1.165) is 30.1 Å². The lowest BCUT2D eigenvalue weighted by Crippen LogP contribution is -2.11. The Kier molecular flexibility index (Phi) is 5.42. The van der Waals surface area contributed by atoms with Crippen LogP contribution in [0.5, 0.6) is 11.6 Å². The van der Waals surface area contributed by atoms with Crippen molar-refractivity contribution >= 4 is 17.3 Å². The molecule has 0 atom stereocenters.